The molecule has 0 aromatic heterocycles. The van der Waals surface area contributed by atoms with Gasteiger partial charge < -0.3 is 4.74 Å². The predicted octanol–water partition coefficient (Wildman–Crippen LogP) is 4.62. The molecular formula is C16H15F5O2. The maximum Gasteiger partial charge on any atom is 0.416 e. The lowest BCUT2D eigenvalue weighted by Crippen LogP contribution is -2.31. The van der Waals surface area contributed by atoms with Crippen LogP contribution in [0.25, 0.3) is 5.57 Å². The van der Waals surface area contributed by atoms with E-state index in [9.17, 15) is 26.7 Å². The Morgan fingerprint density at radius 2 is 1.91 bits per heavy atom. The number of hydrogen-bond acceptors (Lipinski definition) is 2. The van der Waals surface area contributed by atoms with Crippen molar-refractivity contribution in [2.45, 2.75) is 38.3 Å². The Balaban J connectivity index is 2.28. The van der Waals surface area contributed by atoms with Gasteiger partial charge in [-0.25, -0.2) is 4.79 Å². The average Bonchev–Trinajstić information content (AvgIpc) is 2.46. The van der Waals surface area contributed by atoms with Gasteiger partial charge >= 0.3 is 18.1 Å². The molecule has 0 atom stereocenters. The maximum atomic E-state index is 13.9. The third-order valence-electron chi connectivity index (χ3n) is 3.57. The van der Waals surface area contributed by atoms with E-state index in [2.05, 4.69) is 4.74 Å². The van der Waals surface area contributed by atoms with E-state index in [1.54, 1.807) is 0 Å². The Kier molecular flexibility index (Phi) is 4.77. The fourth-order valence-corrected chi connectivity index (χ4v) is 2.52. The predicted molar refractivity (Wildman–Crippen MR) is 73.9 cm³/mol. The summed E-state index contributed by atoms with van der Waals surface area (Å²) in [7, 11) is 0. The molecule has 0 unspecified atom stereocenters. The monoisotopic (exact) mass is 334 g/mol. The van der Waals surface area contributed by atoms with Crippen molar-refractivity contribution in [1.82, 2.24) is 0 Å². The first kappa shape index (κ1) is 17.4. The fraction of sp³-hybridized carbons (Fsp3) is 0.438. The molecule has 0 fully saturated rings. The molecule has 0 aliphatic heterocycles. The smallest absolute Gasteiger partial charge is 0.416 e. The first-order valence-electron chi connectivity index (χ1n) is 7.09. The van der Waals surface area contributed by atoms with E-state index in [4.69, 9.17) is 0 Å². The number of allylic oxidation sites excluding steroid dienone is 2. The highest BCUT2D eigenvalue weighted by atomic mass is 19.4. The van der Waals surface area contributed by atoms with Crippen LogP contribution in [0.5, 0.6) is 0 Å². The van der Waals surface area contributed by atoms with E-state index in [0.29, 0.717) is 24.0 Å². The molecule has 0 N–H and O–H groups in total. The third kappa shape index (κ3) is 3.89. The minimum Gasteiger partial charge on any atom is -0.462 e. The lowest BCUT2D eigenvalue weighted by Gasteiger charge is -2.22. The molecule has 1 aliphatic carbocycles. The topological polar surface area (TPSA) is 26.3 Å². The van der Waals surface area contributed by atoms with Crippen molar-refractivity contribution in [3.8, 4) is 0 Å². The Hall–Kier alpha value is -1.92. The first-order chi connectivity index (χ1) is 10.6. The highest BCUT2D eigenvalue weighted by Crippen LogP contribution is 2.38. The molecule has 2 rings (SSSR count). The number of halogens is 5. The van der Waals surface area contributed by atoms with Gasteiger partial charge in [-0.1, -0.05) is 12.1 Å². The molecule has 126 valence electrons. The normalized spacial score (nSPS) is 15.0. The summed E-state index contributed by atoms with van der Waals surface area (Å²) in [6.07, 6.45) is -3.14. The van der Waals surface area contributed by atoms with Crippen molar-refractivity contribution in [3.63, 3.8) is 0 Å². The van der Waals surface area contributed by atoms with Crippen LogP contribution in [0.2, 0.25) is 0 Å². The van der Waals surface area contributed by atoms with E-state index in [0.717, 1.165) is 12.1 Å². The lowest BCUT2D eigenvalue weighted by molar-refractivity contribution is -0.170. The van der Waals surface area contributed by atoms with E-state index in [-0.39, 0.29) is 12.2 Å². The summed E-state index contributed by atoms with van der Waals surface area (Å²) in [6.45, 7) is 1.25. The van der Waals surface area contributed by atoms with Gasteiger partial charge in [-0.05, 0) is 48.6 Å². The number of ether oxygens (including phenoxy) is 1. The molecule has 7 heteroatoms. The van der Waals surface area contributed by atoms with Gasteiger partial charge in [0.05, 0.1) is 12.2 Å². The van der Waals surface area contributed by atoms with Crippen molar-refractivity contribution >= 4 is 11.5 Å². The quantitative estimate of drug-likeness (QED) is 0.593. The molecular weight excluding hydrogens is 319 g/mol. The van der Waals surface area contributed by atoms with Crippen LogP contribution in [-0.4, -0.2) is 18.5 Å². The molecule has 1 aromatic rings. The molecule has 0 amide bonds. The number of benzene rings is 1. The molecule has 1 aliphatic rings. The van der Waals surface area contributed by atoms with Crippen molar-refractivity contribution in [2.75, 3.05) is 6.61 Å². The van der Waals surface area contributed by atoms with Crippen LogP contribution in [0.3, 0.4) is 0 Å². The van der Waals surface area contributed by atoms with Gasteiger partial charge in [0, 0.05) is 6.42 Å². The van der Waals surface area contributed by atoms with Crippen LogP contribution < -0.4 is 0 Å². The second-order valence-corrected chi connectivity index (χ2v) is 5.24. The molecule has 1 aromatic carbocycles. The molecule has 0 radical (unpaired) electrons. The van der Waals surface area contributed by atoms with Gasteiger partial charge in [-0.3, -0.25) is 0 Å². The van der Waals surface area contributed by atoms with Gasteiger partial charge in [-0.2, -0.15) is 22.0 Å². The second kappa shape index (κ2) is 6.29. The van der Waals surface area contributed by atoms with Crippen molar-refractivity contribution < 1.29 is 31.5 Å². The van der Waals surface area contributed by atoms with E-state index < -0.39 is 30.1 Å². The van der Waals surface area contributed by atoms with Gasteiger partial charge in [0.25, 0.3) is 0 Å². The highest BCUT2D eigenvalue weighted by Gasteiger charge is 2.42. The Morgan fingerprint density at radius 1 is 1.22 bits per heavy atom. The largest absolute Gasteiger partial charge is 0.462 e. The zero-order valence-corrected chi connectivity index (χ0v) is 12.3. The van der Waals surface area contributed by atoms with E-state index in [1.165, 1.54) is 19.1 Å². The van der Waals surface area contributed by atoms with Gasteiger partial charge in [0.1, 0.15) is 0 Å². The Morgan fingerprint density at radius 3 is 2.52 bits per heavy atom. The van der Waals surface area contributed by atoms with Gasteiger partial charge in [-0.15, -0.1) is 0 Å². The number of aryl methyl sites for hydroxylation is 1. The molecule has 23 heavy (non-hydrogen) atoms. The number of rotatable bonds is 4. The number of esters is 1. The Labute approximate surface area is 129 Å². The van der Waals surface area contributed by atoms with Crippen LogP contribution >= 0.6 is 0 Å². The van der Waals surface area contributed by atoms with Crippen LogP contribution in [-0.2, 0) is 22.1 Å². The summed E-state index contributed by atoms with van der Waals surface area (Å²) in [5.74, 6) is -5.33. The van der Waals surface area contributed by atoms with Gasteiger partial charge in [0.2, 0.25) is 0 Å². The van der Waals surface area contributed by atoms with Crippen molar-refractivity contribution in [2.24, 2.45) is 0 Å². The number of hydrogen-bond donors (Lipinski definition) is 0. The number of alkyl halides is 5. The minimum absolute atomic E-state index is 0.165. The summed E-state index contributed by atoms with van der Waals surface area (Å²) >= 11 is 0. The van der Waals surface area contributed by atoms with Crippen molar-refractivity contribution in [1.29, 1.82) is 0 Å². The second-order valence-electron chi connectivity index (χ2n) is 5.24. The Bertz CT molecular complexity index is 632. The van der Waals surface area contributed by atoms with Gasteiger partial charge in [0.15, 0.2) is 0 Å². The SMILES string of the molecule is CCOC(=O)C(F)(F)CC1=CCCc2cc(C(F)(F)F)ccc21. The molecule has 2 nitrogen and oxygen atoms in total. The maximum absolute atomic E-state index is 13.9. The van der Waals surface area contributed by atoms with Crippen LogP contribution in [0.15, 0.2) is 24.3 Å². The summed E-state index contributed by atoms with van der Waals surface area (Å²) in [6, 6.07) is 3.02. The van der Waals surface area contributed by atoms with Crippen LogP contribution in [0.4, 0.5) is 22.0 Å². The van der Waals surface area contributed by atoms with Crippen molar-refractivity contribution in [3.05, 3.63) is 41.0 Å². The zero-order chi connectivity index (χ0) is 17.3. The van der Waals surface area contributed by atoms with Crippen LogP contribution in [0.1, 0.15) is 36.5 Å². The zero-order valence-electron chi connectivity index (χ0n) is 12.3. The molecule has 0 bridgehead atoms. The van der Waals surface area contributed by atoms with Crippen LogP contribution in [0, 0.1) is 0 Å². The standard InChI is InChI=1S/C16H15F5O2/c1-2-23-14(22)15(17,18)9-11-5-3-4-10-8-12(16(19,20)21)6-7-13(10)11/h5-8H,2-4,9H2,1H3. The average molecular weight is 334 g/mol. The molecule has 0 spiro atoms. The molecule has 0 heterocycles. The third-order valence-corrected chi connectivity index (χ3v) is 3.57. The van der Waals surface area contributed by atoms with E-state index in [1.807, 2.05) is 0 Å². The fourth-order valence-electron chi connectivity index (χ4n) is 2.52. The highest BCUT2D eigenvalue weighted by molar-refractivity contribution is 5.82. The summed E-state index contributed by atoms with van der Waals surface area (Å²) in [5.41, 5.74) is 0.0397. The molecule has 0 saturated carbocycles. The number of carbonyl (C=O) groups is 1. The minimum atomic E-state index is -4.48. The number of fused-ring (bicyclic) bond motifs is 1. The van der Waals surface area contributed by atoms with E-state index >= 15 is 0 Å². The summed E-state index contributed by atoms with van der Waals surface area (Å²) < 4.78 is 70.2. The summed E-state index contributed by atoms with van der Waals surface area (Å²) in [5, 5.41) is 0. The lowest BCUT2D eigenvalue weighted by atomic mass is 9.86. The summed E-state index contributed by atoms with van der Waals surface area (Å²) in [4.78, 5) is 11.3. The molecule has 0 saturated heterocycles. The first-order valence-corrected chi connectivity index (χ1v) is 7.09. The number of carbonyl (C=O) groups excluding carboxylic acids is 1.